The van der Waals surface area contributed by atoms with Gasteiger partial charge in [-0.05, 0) is 12.8 Å². The fourth-order valence-electron chi connectivity index (χ4n) is 1.40. The number of aromatic nitrogens is 2. The summed E-state index contributed by atoms with van der Waals surface area (Å²) >= 11 is 0. The van der Waals surface area contributed by atoms with E-state index >= 15 is 0 Å². The van der Waals surface area contributed by atoms with E-state index in [2.05, 4.69) is 4.98 Å². The van der Waals surface area contributed by atoms with Crippen molar-refractivity contribution in [3.63, 3.8) is 0 Å². The maximum absolute atomic E-state index is 10.9. The number of nitrogens with zero attached hydrogens (tertiary/aromatic N) is 2. The number of hydrogen-bond acceptors (Lipinski definition) is 3. The van der Waals surface area contributed by atoms with E-state index in [1.165, 1.54) is 0 Å². The molecule has 0 aliphatic heterocycles. The van der Waals surface area contributed by atoms with Gasteiger partial charge in [-0.2, -0.15) is 0 Å². The van der Waals surface area contributed by atoms with Gasteiger partial charge in [-0.15, -0.1) is 0 Å². The van der Waals surface area contributed by atoms with E-state index in [9.17, 15) is 4.79 Å². The zero-order valence-corrected chi connectivity index (χ0v) is 9.48. The molecule has 0 fully saturated rings. The smallest absolute Gasteiger partial charge is 0.356 e. The Hall–Kier alpha value is -1.36. The summed E-state index contributed by atoms with van der Waals surface area (Å²) in [5, 5.41) is 8.91. The Balaban J connectivity index is 3.22. The number of carbonyl (C=O) groups is 1. The lowest BCUT2D eigenvalue weighted by atomic mass is 10.1. The SMILES string of the molecule is Cc1c(C(=O)O)nc([C@@H](N)C(C)C)n1C. The quantitative estimate of drug-likeness (QED) is 0.784. The highest BCUT2D eigenvalue weighted by Crippen LogP contribution is 2.20. The molecule has 1 heterocycles. The van der Waals surface area contributed by atoms with Crippen molar-refractivity contribution in [1.29, 1.82) is 0 Å². The topological polar surface area (TPSA) is 81.1 Å². The van der Waals surface area contributed by atoms with Gasteiger partial charge in [-0.25, -0.2) is 9.78 Å². The summed E-state index contributed by atoms with van der Waals surface area (Å²) in [6, 6.07) is -0.234. The second-order valence-electron chi connectivity index (χ2n) is 4.04. The molecule has 0 spiro atoms. The van der Waals surface area contributed by atoms with Crippen LogP contribution in [0.25, 0.3) is 0 Å². The van der Waals surface area contributed by atoms with E-state index in [4.69, 9.17) is 10.8 Å². The minimum Gasteiger partial charge on any atom is -0.476 e. The van der Waals surface area contributed by atoms with Crippen LogP contribution in [-0.4, -0.2) is 20.6 Å². The Labute approximate surface area is 88.9 Å². The van der Waals surface area contributed by atoms with Crippen LogP contribution in [0.1, 0.15) is 41.9 Å². The highest BCUT2D eigenvalue weighted by atomic mass is 16.4. The van der Waals surface area contributed by atoms with Crippen LogP contribution in [0.2, 0.25) is 0 Å². The molecule has 1 atom stereocenters. The number of carboxylic acid groups (broad SMARTS) is 1. The average Bonchev–Trinajstić information content (AvgIpc) is 2.43. The number of carboxylic acids is 1. The fourth-order valence-corrected chi connectivity index (χ4v) is 1.40. The maximum Gasteiger partial charge on any atom is 0.356 e. The van der Waals surface area contributed by atoms with Crippen molar-refractivity contribution >= 4 is 5.97 Å². The van der Waals surface area contributed by atoms with Crippen LogP contribution < -0.4 is 5.73 Å². The first-order valence-corrected chi connectivity index (χ1v) is 4.88. The highest BCUT2D eigenvalue weighted by Gasteiger charge is 2.22. The molecule has 3 N–H and O–H groups in total. The first-order valence-electron chi connectivity index (χ1n) is 4.88. The van der Waals surface area contributed by atoms with E-state index in [0.717, 1.165) is 0 Å². The Morgan fingerprint density at radius 2 is 2.07 bits per heavy atom. The van der Waals surface area contributed by atoms with Gasteiger partial charge in [0, 0.05) is 12.7 Å². The number of hydrogen-bond donors (Lipinski definition) is 2. The molecule has 84 valence electrons. The lowest BCUT2D eigenvalue weighted by Crippen LogP contribution is -2.21. The molecule has 0 radical (unpaired) electrons. The molecule has 1 aromatic rings. The van der Waals surface area contributed by atoms with Crippen LogP contribution >= 0.6 is 0 Å². The first kappa shape index (κ1) is 11.7. The Kier molecular flexibility index (Phi) is 3.14. The average molecular weight is 211 g/mol. The molecule has 5 nitrogen and oxygen atoms in total. The zero-order valence-electron chi connectivity index (χ0n) is 9.48. The second kappa shape index (κ2) is 4.02. The molecule has 0 saturated heterocycles. The molecule has 0 aromatic carbocycles. The van der Waals surface area contributed by atoms with Crippen molar-refractivity contribution in [2.75, 3.05) is 0 Å². The third kappa shape index (κ3) is 2.02. The van der Waals surface area contributed by atoms with Crippen LogP contribution in [0.15, 0.2) is 0 Å². The van der Waals surface area contributed by atoms with Crippen molar-refractivity contribution < 1.29 is 9.90 Å². The third-order valence-corrected chi connectivity index (χ3v) is 2.63. The Bertz CT molecular complexity index is 382. The monoisotopic (exact) mass is 211 g/mol. The van der Waals surface area contributed by atoms with Crippen molar-refractivity contribution in [2.45, 2.75) is 26.8 Å². The summed E-state index contributed by atoms with van der Waals surface area (Å²) in [5.74, 6) is -0.155. The Morgan fingerprint density at radius 1 is 1.53 bits per heavy atom. The van der Waals surface area contributed by atoms with Crippen LogP contribution in [0.5, 0.6) is 0 Å². The molecule has 1 aromatic heterocycles. The summed E-state index contributed by atoms with van der Waals surface area (Å²) in [6.07, 6.45) is 0. The number of nitrogens with two attached hydrogens (primary N) is 1. The molecule has 0 bridgehead atoms. The minimum absolute atomic E-state index is 0.0867. The molecule has 5 heteroatoms. The zero-order chi connectivity index (χ0) is 11.7. The predicted octanol–water partition coefficient (Wildman–Crippen LogP) is 1.08. The van der Waals surface area contributed by atoms with Gasteiger partial charge in [-0.3, -0.25) is 0 Å². The summed E-state index contributed by atoms with van der Waals surface area (Å²) in [7, 11) is 1.78. The van der Waals surface area contributed by atoms with Gasteiger partial charge in [0.05, 0.1) is 6.04 Å². The fraction of sp³-hybridized carbons (Fsp3) is 0.600. The maximum atomic E-state index is 10.9. The van der Waals surface area contributed by atoms with Crippen molar-refractivity contribution in [3.8, 4) is 0 Å². The summed E-state index contributed by atoms with van der Waals surface area (Å²) in [5.41, 5.74) is 6.66. The molecule has 0 aliphatic rings. The normalized spacial score (nSPS) is 13.2. The standard InChI is InChI=1S/C10H17N3O2/c1-5(2)7(11)9-12-8(10(14)15)6(3)13(9)4/h5,7H,11H2,1-4H3,(H,14,15)/t7-/m0/s1. The van der Waals surface area contributed by atoms with Gasteiger partial charge >= 0.3 is 5.97 Å². The highest BCUT2D eigenvalue weighted by molar-refractivity contribution is 5.86. The molecule has 0 unspecified atom stereocenters. The van der Waals surface area contributed by atoms with Crippen LogP contribution in [-0.2, 0) is 7.05 Å². The minimum atomic E-state index is -1.01. The lowest BCUT2D eigenvalue weighted by Gasteiger charge is -2.15. The molecule has 0 saturated carbocycles. The van der Waals surface area contributed by atoms with E-state index in [1.807, 2.05) is 13.8 Å². The molecule has 0 amide bonds. The molecule has 15 heavy (non-hydrogen) atoms. The van der Waals surface area contributed by atoms with Gasteiger partial charge in [0.1, 0.15) is 5.82 Å². The van der Waals surface area contributed by atoms with Gasteiger partial charge in [0.25, 0.3) is 0 Å². The van der Waals surface area contributed by atoms with Crippen molar-refractivity contribution in [3.05, 3.63) is 17.2 Å². The third-order valence-electron chi connectivity index (χ3n) is 2.63. The van der Waals surface area contributed by atoms with E-state index in [1.54, 1.807) is 18.5 Å². The van der Waals surface area contributed by atoms with E-state index < -0.39 is 5.97 Å². The van der Waals surface area contributed by atoms with Crippen LogP contribution in [0.3, 0.4) is 0 Å². The lowest BCUT2D eigenvalue weighted by molar-refractivity contribution is 0.0690. The summed E-state index contributed by atoms with van der Waals surface area (Å²) in [6.45, 7) is 5.69. The molecular weight excluding hydrogens is 194 g/mol. The van der Waals surface area contributed by atoms with E-state index in [-0.39, 0.29) is 17.7 Å². The second-order valence-corrected chi connectivity index (χ2v) is 4.04. The van der Waals surface area contributed by atoms with Crippen LogP contribution in [0, 0.1) is 12.8 Å². The van der Waals surface area contributed by atoms with Crippen molar-refractivity contribution in [2.24, 2.45) is 18.7 Å². The number of aromatic carboxylic acids is 1. The predicted molar refractivity (Wildman–Crippen MR) is 56.7 cm³/mol. The summed E-state index contributed by atoms with van der Waals surface area (Å²) in [4.78, 5) is 14.9. The number of rotatable bonds is 3. The molecular formula is C10H17N3O2. The summed E-state index contributed by atoms with van der Waals surface area (Å²) < 4.78 is 1.74. The number of imidazole rings is 1. The van der Waals surface area contributed by atoms with Gasteiger partial charge in [0.15, 0.2) is 5.69 Å². The molecule has 0 aliphatic carbocycles. The van der Waals surface area contributed by atoms with Crippen molar-refractivity contribution in [1.82, 2.24) is 9.55 Å². The van der Waals surface area contributed by atoms with Crippen LogP contribution in [0.4, 0.5) is 0 Å². The van der Waals surface area contributed by atoms with Gasteiger partial charge in [0.2, 0.25) is 0 Å². The molecule has 1 rings (SSSR count). The van der Waals surface area contributed by atoms with E-state index in [0.29, 0.717) is 11.5 Å². The largest absolute Gasteiger partial charge is 0.476 e. The Morgan fingerprint density at radius 3 is 2.40 bits per heavy atom. The first-order chi connectivity index (χ1) is 6.86. The van der Waals surface area contributed by atoms with Gasteiger partial charge in [-0.1, -0.05) is 13.8 Å². The van der Waals surface area contributed by atoms with Gasteiger partial charge < -0.3 is 15.4 Å².